The number of halogens is 1. The number of hydrogen-bond donors (Lipinski definition) is 2. The van der Waals surface area contributed by atoms with Crippen molar-refractivity contribution >= 4 is 16.6 Å². The summed E-state index contributed by atoms with van der Waals surface area (Å²) < 4.78 is 17.3. The van der Waals surface area contributed by atoms with Gasteiger partial charge in [-0.15, -0.1) is 0 Å². The number of aromatic nitrogens is 2. The molecule has 1 saturated carbocycles. The summed E-state index contributed by atoms with van der Waals surface area (Å²) in [4.78, 5) is 27.2. The predicted molar refractivity (Wildman–Crippen MR) is 109 cm³/mol. The van der Waals surface area contributed by atoms with Gasteiger partial charge in [-0.1, -0.05) is 0 Å². The van der Waals surface area contributed by atoms with Crippen LogP contribution in [0.3, 0.4) is 0 Å². The van der Waals surface area contributed by atoms with Gasteiger partial charge in [-0.25, -0.2) is 9.18 Å². The maximum atomic E-state index is 15.2. The van der Waals surface area contributed by atoms with Crippen molar-refractivity contribution in [2.24, 2.45) is 5.92 Å². The van der Waals surface area contributed by atoms with Crippen LogP contribution in [0, 0.1) is 30.0 Å². The number of benzene rings is 1. The lowest BCUT2D eigenvalue weighted by molar-refractivity contribution is 0.406. The molecule has 2 aliphatic rings. The van der Waals surface area contributed by atoms with Crippen LogP contribution in [0.4, 0.5) is 10.1 Å². The molecular weight excluding hydrogens is 375 g/mol. The second-order valence-corrected chi connectivity index (χ2v) is 8.04. The molecular formula is C20H25FN6O2. The van der Waals surface area contributed by atoms with E-state index in [9.17, 15) is 9.59 Å². The Kier molecular flexibility index (Phi) is 4.82. The molecule has 0 amide bonds. The minimum absolute atomic E-state index is 0.00645. The molecule has 2 atom stereocenters. The highest BCUT2D eigenvalue weighted by molar-refractivity contribution is 5.87. The molecule has 0 bridgehead atoms. The second kappa shape index (κ2) is 7.19. The number of nitrogens with zero attached hydrogens (tertiary/aromatic N) is 4. The summed E-state index contributed by atoms with van der Waals surface area (Å²) in [5.41, 5.74) is 0.248. The van der Waals surface area contributed by atoms with Gasteiger partial charge in [0.2, 0.25) is 0 Å². The lowest BCUT2D eigenvalue weighted by atomic mass is 9.97. The van der Waals surface area contributed by atoms with E-state index < -0.39 is 17.1 Å². The van der Waals surface area contributed by atoms with E-state index in [4.69, 9.17) is 11.1 Å². The summed E-state index contributed by atoms with van der Waals surface area (Å²) in [7, 11) is 1.83. The fourth-order valence-corrected chi connectivity index (χ4v) is 4.64. The van der Waals surface area contributed by atoms with Gasteiger partial charge in [-0.3, -0.25) is 9.36 Å². The van der Waals surface area contributed by atoms with E-state index in [2.05, 4.69) is 11.4 Å². The van der Waals surface area contributed by atoms with E-state index >= 15 is 4.39 Å². The first-order valence-corrected chi connectivity index (χ1v) is 9.93. The molecule has 1 saturated heterocycles. The molecule has 9 heteroatoms. The first-order chi connectivity index (χ1) is 13.9. The van der Waals surface area contributed by atoms with Crippen molar-refractivity contribution in [3.63, 3.8) is 0 Å². The number of nitriles is 1. The minimum atomic E-state index is -0.681. The number of nitrogens with one attached hydrogen (secondary N) is 1. The molecule has 1 aromatic carbocycles. The normalized spacial score (nSPS) is 20.2. The Bertz CT molecular complexity index is 1130. The van der Waals surface area contributed by atoms with Gasteiger partial charge in [0.1, 0.15) is 5.82 Å². The molecule has 3 N–H and O–H groups in total. The Morgan fingerprint density at radius 3 is 2.72 bits per heavy atom. The van der Waals surface area contributed by atoms with Gasteiger partial charge in [0.25, 0.3) is 5.56 Å². The Morgan fingerprint density at radius 2 is 2.10 bits per heavy atom. The van der Waals surface area contributed by atoms with Gasteiger partial charge in [0.05, 0.1) is 29.1 Å². The first-order valence-electron chi connectivity index (χ1n) is 9.93. The van der Waals surface area contributed by atoms with Crippen molar-refractivity contribution < 1.29 is 4.39 Å². The van der Waals surface area contributed by atoms with Crippen LogP contribution >= 0.6 is 0 Å². The van der Waals surface area contributed by atoms with Crippen LogP contribution in [0.25, 0.3) is 10.9 Å². The third-order valence-corrected chi connectivity index (χ3v) is 6.27. The quantitative estimate of drug-likeness (QED) is 0.725. The van der Waals surface area contributed by atoms with Gasteiger partial charge in [-0.05, 0) is 45.2 Å². The number of fused-ring (bicyclic) bond motifs is 1. The van der Waals surface area contributed by atoms with Crippen LogP contribution in [0.15, 0.2) is 15.7 Å². The van der Waals surface area contributed by atoms with E-state index in [1.807, 2.05) is 11.9 Å². The molecule has 8 nitrogen and oxygen atoms in total. The highest BCUT2D eigenvalue weighted by atomic mass is 19.1. The van der Waals surface area contributed by atoms with Crippen LogP contribution in [0.1, 0.15) is 37.3 Å². The SMILES string of the molecule is CNC(CC#N)C1CCN(c2c(F)cc3c(=O)n(N)c(=O)n(C4CC4)c3c2C)C1. The van der Waals surface area contributed by atoms with Gasteiger partial charge in [-0.2, -0.15) is 9.94 Å². The number of rotatable bonds is 5. The van der Waals surface area contributed by atoms with E-state index in [0.717, 1.165) is 19.3 Å². The molecule has 154 valence electrons. The summed E-state index contributed by atoms with van der Waals surface area (Å²) in [5.74, 6) is 5.40. The fraction of sp³-hybridized carbons (Fsp3) is 0.550. The van der Waals surface area contributed by atoms with Gasteiger partial charge in [0, 0.05) is 30.7 Å². The van der Waals surface area contributed by atoms with Crippen LogP contribution in [-0.4, -0.2) is 35.4 Å². The Morgan fingerprint density at radius 1 is 1.38 bits per heavy atom. The summed E-state index contributed by atoms with van der Waals surface area (Å²) in [6.07, 6.45) is 2.90. The zero-order valence-electron chi connectivity index (χ0n) is 16.6. The molecule has 2 aromatic rings. The highest BCUT2D eigenvalue weighted by Crippen LogP contribution is 2.39. The highest BCUT2D eigenvalue weighted by Gasteiger charge is 2.34. The maximum absolute atomic E-state index is 15.2. The molecule has 29 heavy (non-hydrogen) atoms. The van der Waals surface area contributed by atoms with Crippen molar-refractivity contribution in [1.82, 2.24) is 14.6 Å². The Hall–Kier alpha value is -2.86. The maximum Gasteiger partial charge on any atom is 0.350 e. The summed E-state index contributed by atoms with van der Waals surface area (Å²) in [6, 6.07) is 3.45. The molecule has 1 aliphatic heterocycles. The lowest BCUT2D eigenvalue weighted by Crippen LogP contribution is -2.44. The van der Waals surface area contributed by atoms with Gasteiger partial charge < -0.3 is 16.1 Å². The summed E-state index contributed by atoms with van der Waals surface area (Å²) >= 11 is 0. The average molecular weight is 400 g/mol. The lowest BCUT2D eigenvalue weighted by Gasteiger charge is -2.25. The van der Waals surface area contributed by atoms with Crippen molar-refractivity contribution in [2.75, 3.05) is 30.9 Å². The topological polar surface area (TPSA) is 109 Å². The third kappa shape index (κ3) is 3.08. The van der Waals surface area contributed by atoms with Crippen LogP contribution in [0.2, 0.25) is 0 Å². The zero-order chi connectivity index (χ0) is 20.9. The van der Waals surface area contributed by atoms with E-state index in [-0.39, 0.29) is 23.4 Å². The molecule has 2 unspecified atom stereocenters. The smallest absolute Gasteiger partial charge is 0.350 e. The van der Waals surface area contributed by atoms with Crippen molar-refractivity contribution in [3.05, 3.63) is 38.3 Å². The molecule has 1 aromatic heterocycles. The monoisotopic (exact) mass is 400 g/mol. The predicted octanol–water partition coefficient (Wildman–Crippen LogP) is 0.987. The van der Waals surface area contributed by atoms with Crippen LogP contribution < -0.4 is 27.3 Å². The van der Waals surface area contributed by atoms with Gasteiger partial charge in [0.15, 0.2) is 0 Å². The molecule has 2 heterocycles. The number of anilines is 1. The molecule has 0 spiro atoms. The number of aryl methyl sites for hydroxylation is 1. The second-order valence-electron chi connectivity index (χ2n) is 8.04. The molecule has 0 radical (unpaired) electrons. The molecule has 1 aliphatic carbocycles. The zero-order valence-corrected chi connectivity index (χ0v) is 16.6. The standard InChI is InChI=1S/C20H25FN6O2/c1-11-17-14(19(28)27(23)20(29)26(17)13-3-4-13)9-15(21)18(11)25-8-6-12(10-25)16(24-2)5-7-22/h9,12-13,16,24H,3-6,8,10,23H2,1-2H3. The van der Waals surface area contributed by atoms with Crippen molar-refractivity contribution in [1.29, 1.82) is 5.26 Å². The minimum Gasteiger partial charge on any atom is -0.369 e. The number of nitrogen functional groups attached to an aromatic ring is 1. The Labute approximate surface area is 167 Å². The van der Waals surface area contributed by atoms with E-state index in [1.54, 1.807) is 11.5 Å². The number of nitrogens with two attached hydrogens (primary N) is 1. The van der Waals surface area contributed by atoms with Crippen molar-refractivity contribution in [2.45, 2.75) is 44.7 Å². The van der Waals surface area contributed by atoms with Crippen LogP contribution in [-0.2, 0) is 0 Å². The van der Waals surface area contributed by atoms with E-state index in [0.29, 0.717) is 41.0 Å². The largest absolute Gasteiger partial charge is 0.369 e. The van der Waals surface area contributed by atoms with Crippen LogP contribution in [0.5, 0.6) is 0 Å². The molecule has 4 rings (SSSR count). The average Bonchev–Trinajstić information content (AvgIpc) is 3.42. The molecule has 2 fully saturated rings. The summed E-state index contributed by atoms with van der Waals surface area (Å²) in [6.45, 7) is 3.02. The fourth-order valence-electron chi connectivity index (χ4n) is 4.64. The van der Waals surface area contributed by atoms with E-state index in [1.165, 1.54) is 6.07 Å². The Balaban J connectivity index is 1.84. The first kappa shape index (κ1) is 19.5. The van der Waals surface area contributed by atoms with Gasteiger partial charge >= 0.3 is 5.69 Å². The van der Waals surface area contributed by atoms with Crippen molar-refractivity contribution in [3.8, 4) is 6.07 Å². The summed E-state index contributed by atoms with van der Waals surface area (Å²) in [5, 5.41) is 12.4. The number of hydrogen-bond acceptors (Lipinski definition) is 6. The third-order valence-electron chi connectivity index (χ3n) is 6.27.